The first-order valence-corrected chi connectivity index (χ1v) is 10.4. The van der Waals surface area contributed by atoms with Crippen LogP contribution in [0, 0.1) is 0 Å². The summed E-state index contributed by atoms with van der Waals surface area (Å²) in [6.07, 6.45) is 5.42. The Bertz CT molecular complexity index is 852. The minimum Gasteiger partial charge on any atom is -0.351 e. The van der Waals surface area contributed by atoms with Crippen molar-refractivity contribution in [1.29, 1.82) is 0 Å². The lowest BCUT2D eigenvalue weighted by Crippen LogP contribution is -2.48. The molecule has 1 aromatic carbocycles. The van der Waals surface area contributed by atoms with Crippen LogP contribution in [0.15, 0.2) is 47.9 Å². The first-order chi connectivity index (χ1) is 12.8. The second kappa shape index (κ2) is 8.01. The number of rotatable bonds is 5. The number of aromatic nitrogens is 3. The van der Waals surface area contributed by atoms with Gasteiger partial charge >= 0.3 is 0 Å². The van der Waals surface area contributed by atoms with Crippen molar-refractivity contribution in [3.63, 3.8) is 0 Å². The maximum atomic E-state index is 12.2. The first-order valence-electron chi connectivity index (χ1n) is 8.57. The van der Waals surface area contributed by atoms with E-state index in [1.807, 2.05) is 18.2 Å². The maximum Gasteiger partial charge on any atom is 0.230 e. The molecule has 1 aliphatic rings. The molecule has 0 saturated carbocycles. The van der Waals surface area contributed by atoms with E-state index < -0.39 is 0 Å². The lowest BCUT2D eigenvalue weighted by molar-refractivity contribution is -0.119. The van der Waals surface area contributed by atoms with Gasteiger partial charge in [0.2, 0.25) is 5.91 Å². The van der Waals surface area contributed by atoms with Gasteiger partial charge in [0.05, 0.1) is 16.0 Å². The molecule has 1 unspecified atom stereocenters. The molecule has 4 rings (SSSR count). The van der Waals surface area contributed by atoms with Crippen LogP contribution in [0.2, 0.25) is 0 Å². The van der Waals surface area contributed by atoms with Gasteiger partial charge in [-0.25, -0.2) is 15.0 Å². The van der Waals surface area contributed by atoms with Gasteiger partial charge in [-0.3, -0.25) is 4.79 Å². The molecule has 0 bridgehead atoms. The zero-order chi connectivity index (χ0) is 17.8. The van der Waals surface area contributed by atoms with E-state index in [1.165, 1.54) is 16.5 Å². The number of thioether (sulfide) groups is 1. The Hall–Kier alpha value is -2.19. The minimum absolute atomic E-state index is 0.0265. The van der Waals surface area contributed by atoms with Gasteiger partial charge in [0.25, 0.3) is 0 Å². The Kier molecular flexibility index (Phi) is 5.31. The van der Waals surface area contributed by atoms with Crippen molar-refractivity contribution in [2.24, 2.45) is 0 Å². The Morgan fingerprint density at radius 1 is 1.27 bits per heavy atom. The highest BCUT2D eigenvalue weighted by Gasteiger charge is 2.23. The van der Waals surface area contributed by atoms with Crippen LogP contribution < -0.4 is 10.2 Å². The van der Waals surface area contributed by atoms with Crippen LogP contribution in [0.1, 0.15) is 12.8 Å². The fourth-order valence-electron chi connectivity index (χ4n) is 3.02. The molecule has 1 aliphatic heterocycles. The second-order valence-electron chi connectivity index (χ2n) is 6.14. The zero-order valence-electron chi connectivity index (χ0n) is 14.2. The quantitative estimate of drug-likeness (QED) is 0.538. The highest BCUT2D eigenvalue weighted by atomic mass is 32.2. The Labute approximate surface area is 160 Å². The highest BCUT2D eigenvalue weighted by Crippen LogP contribution is 2.30. The zero-order valence-corrected chi connectivity index (χ0v) is 15.8. The number of fused-ring (bicyclic) bond motifs is 1. The number of piperidine rings is 1. The fraction of sp³-hybridized carbons (Fsp3) is 0.333. The van der Waals surface area contributed by atoms with E-state index in [9.17, 15) is 4.79 Å². The summed E-state index contributed by atoms with van der Waals surface area (Å²) in [6.45, 7) is 1.79. The molecule has 1 saturated heterocycles. The van der Waals surface area contributed by atoms with E-state index in [-0.39, 0.29) is 11.9 Å². The summed E-state index contributed by atoms with van der Waals surface area (Å²) in [7, 11) is 0. The summed E-state index contributed by atoms with van der Waals surface area (Å²) in [5, 5.41) is 4.81. The molecule has 0 aliphatic carbocycles. The van der Waals surface area contributed by atoms with E-state index in [2.05, 4.69) is 26.3 Å². The normalized spacial score (nSPS) is 17.4. The summed E-state index contributed by atoms with van der Waals surface area (Å²) in [6, 6.07) is 10.1. The smallest absolute Gasteiger partial charge is 0.230 e. The third-order valence-corrected chi connectivity index (χ3v) is 6.19. The van der Waals surface area contributed by atoms with Crippen molar-refractivity contribution in [2.45, 2.75) is 24.0 Å². The van der Waals surface area contributed by atoms with Crippen LogP contribution >= 0.6 is 23.1 Å². The molecular weight excluding hydrogens is 366 g/mol. The van der Waals surface area contributed by atoms with E-state index in [1.54, 1.807) is 29.8 Å². The molecule has 0 radical (unpaired) electrons. The molecule has 0 spiro atoms. The monoisotopic (exact) mass is 385 g/mol. The fourth-order valence-corrected chi connectivity index (χ4v) is 4.64. The van der Waals surface area contributed by atoms with E-state index in [0.717, 1.165) is 36.6 Å². The van der Waals surface area contributed by atoms with E-state index >= 15 is 0 Å². The van der Waals surface area contributed by atoms with Gasteiger partial charge in [-0.15, -0.1) is 0 Å². The summed E-state index contributed by atoms with van der Waals surface area (Å²) in [5.74, 6) is 0.361. The maximum absolute atomic E-state index is 12.2. The SMILES string of the molecule is O=C(CSc1ncccn1)NC1CCCN(c2nc3ccccc3s2)C1. The third-order valence-electron chi connectivity index (χ3n) is 4.21. The number of hydrogen-bond acceptors (Lipinski definition) is 7. The van der Waals surface area contributed by atoms with Gasteiger partial charge in [0.1, 0.15) is 0 Å². The minimum atomic E-state index is 0.0265. The standard InChI is InChI=1S/C18H19N5OS2/c24-16(12-25-17-19-8-4-9-20-17)21-13-5-3-10-23(11-13)18-22-14-6-1-2-7-15(14)26-18/h1-2,4,6-9,13H,3,5,10-12H2,(H,21,24). The lowest BCUT2D eigenvalue weighted by Gasteiger charge is -2.32. The Morgan fingerprint density at radius 3 is 2.96 bits per heavy atom. The van der Waals surface area contributed by atoms with Gasteiger partial charge in [-0.1, -0.05) is 35.2 Å². The van der Waals surface area contributed by atoms with Crippen molar-refractivity contribution in [1.82, 2.24) is 20.3 Å². The molecular formula is C18H19N5OS2. The molecule has 3 aromatic rings. The highest BCUT2D eigenvalue weighted by molar-refractivity contribution is 7.99. The molecule has 1 fully saturated rings. The van der Waals surface area contributed by atoms with Gasteiger partial charge in [0.15, 0.2) is 10.3 Å². The van der Waals surface area contributed by atoms with Crippen molar-refractivity contribution in [2.75, 3.05) is 23.7 Å². The number of carbonyl (C=O) groups excluding carboxylic acids is 1. The Balaban J connectivity index is 1.33. The lowest BCUT2D eigenvalue weighted by atomic mass is 10.1. The predicted molar refractivity (Wildman–Crippen MR) is 106 cm³/mol. The van der Waals surface area contributed by atoms with Gasteiger partial charge in [0, 0.05) is 31.5 Å². The summed E-state index contributed by atoms with van der Waals surface area (Å²) in [4.78, 5) is 27.5. The number of nitrogens with one attached hydrogen (secondary N) is 1. The molecule has 1 atom stereocenters. The van der Waals surface area contributed by atoms with Crippen molar-refractivity contribution in [3.8, 4) is 0 Å². The van der Waals surface area contributed by atoms with Gasteiger partial charge < -0.3 is 10.2 Å². The number of hydrogen-bond donors (Lipinski definition) is 1. The molecule has 134 valence electrons. The third kappa shape index (κ3) is 4.13. The number of benzene rings is 1. The molecule has 1 N–H and O–H groups in total. The van der Waals surface area contributed by atoms with Crippen molar-refractivity contribution >= 4 is 44.4 Å². The number of para-hydroxylation sites is 1. The topological polar surface area (TPSA) is 71.0 Å². The van der Waals surface area contributed by atoms with Crippen LogP contribution in [0.25, 0.3) is 10.2 Å². The first kappa shape index (κ1) is 17.2. The molecule has 26 heavy (non-hydrogen) atoms. The summed E-state index contributed by atoms with van der Waals surface area (Å²) < 4.78 is 1.20. The van der Waals surface area contributed by atoms with Crippen LogP contribution in [0.5, 0.6) is 0 Å². The van der Waals surface area contributed by atoms with Crippen LogP contribution in [0.4, 0.5) is 5.13 Å². The number of amides is 1. The molecule has 1 amide bonds. The van der Waals surface area contributed by atoms with Crippen molar-refractivity contribution in [3.05, 3.63) is 42.7 Å². The number of carbonyl (C=O) groups is 1. The van der Waals surface area contributed by atoms with Crippen LogP contribution in [-0.4, -0.2) is 45.7 Å². The van der Waals surface area contributed by atoms with Crippen LogP contribution in [-0.2, 0) is 4.79 Å². The second-order valence-corrected chi connectivity index (χ2v) is 8.09. The number of anilines is 1. The van der Waals surface area contributed by atoms with Crippen molar-refractivity contribution < 1.29 is 4.79 Å². The van der Waals surface area contributed by atoms with E-state index in [4.69, 9.17) is 4.98 Å². The average molecular weight is 386 g/mol. The molecule has 3 heterocycles. The average Bonchev–Trinajstić information content (AvgIpc) is 3.12. The predicted octanol–water partition coefficient (Wildman–Crippen LogP) is 2.96. The summed E-state index contributed by atoms with van der Waals surface area (Å²) >= 11 is 3.07. The molecule has 2 aromatic heterocycles. The molecule has 6 nitrogen and oxygen atoms in total. The number of nitrogens with zero attached hydrogens (tertiary/aromatic N) is 4. The van der Waals surface area contributed by atoms with E-state index in [0.29, 0.717) is 10.9 Å². The van der Waals surface area contributed by atoms with Crippen LogP contribution in [0.3, 0.4) is 0 Å². The van der Waals surface area contributed by atoms with Gasteiger partial charge in [-0.2, -0.15) is 0 Å². The van der Waals surface area contributed by atoms with Gasteiger partial charge in [-0.05, 0) is 31.0 Å². The largest absolute Gasteiger partial charge is 0.351 e. The summed E-state index contributed by atoms with van der Waals surface area (Å²) in [5.41, 5.74) is 1.04. The number of thiazole rings is 1. The Morgan fingerprint density at radius 2 is 2.12 bits per heavy atom. The molecule has 8 heteroatoms.